The number of benzene rings is 1. The van der Waals surface area contributed by atoms with E-state index < -0.39 is 37.3 Å². The number of aliphatic hydroxyl groups is 4. The molecular weight excluding hydrogens is 372 g/mol. The molecule has 1 saturated heterocycles. The Morgan fingerprint density at radius 2 is 1.85 bits per heavy atom. The molecule has 0 spiro atoms. The van der Waals surface area contributed by atoms with Crippen molar-refractivity contribution in [2.45, 2.75) is 30.6 Å². The fourth-order valence-corrected chi connectivity index (χ4v) is 3.36. The molecule has 142 valence electrons. The van der Waals surface area contributed by atoms with Crippen LogP contribution in [0.1, 0.15) is 11.8 Å². The van der Waals surface area contributed by atoms with Crippen LogP contribution in [0, 0.1) is 16.1 Å². The molecule has 2 aromatic rings. The number of nitrogens with zero attached hydrogens (tertiary/aromatic N) is 3. The van der Waals surface area contributed by atoms with Crippen LogP contribution in [0.5, 0.6) is 0 Å². The van der Waals surface area contributed by atoms with E-state index in [1.807, 2.05) is 6.07 Å². The molecular formula is C17H18N4O5S. The molecule has 1 aromatic heterocycles. The average Bonchev–Trinajstić information content (AvgIpc) is 2.67. The van der Waals surface area contributed by atoms with Gasteiger partial charge in [-0.05, 0) is 17.8 Å². The van der Waals surface area contributed by atoms with Crippen LogP contribution in [0.2, 0.25) is 0 Å². The third-order valence-corrected chi connectivity index (χ3v) is 4.72. The van der Waals surface area contributed by atoms with Crippen molar-refractivity contribution >= 4 is 18.0 Å². The minimum Gasteiger partial charge on any atom is -0.394 e. The first kappa shape index (κ1) is 19.4. The SMILES string of the molecule is N#Cc1c(N)nc(=S)n([C@@H]2O[C@H](CO)[C@@H](O)[C@H](O)[C@H]2O)c1-c1ccccc1. The number of aromatic nitrogens is 2. The zero-order valence-electron chi connectivity index (χ0n) is 14.0. The summed E-state index contributed by atoms with van der Waals surface area (Å²) in [6.45, 7) is -0.594. The zero-order chi connectivity index (χ0) is 19.7. The Kier molecular flexibility index (Phi) is 5.52. The highest BCUT2D eigenvalue weighted by Crippen LogP contribution is 2.35. The molecule has 9 nitrogen and oxygen atoms in total. The molecule has 1 aromatic carbocycles. The molecule has 3 rings (SSSR count). The number of nitrogens with two attached hydrogens (primary N) is 1. The van der Waals surface area contributed by atoms with Crippen LogP contribution >= 0.6 is 12.2 Å². The van der Waals surface area contributed by atoms with Crippen molar-refractivity contribution in [3.63, 3.8) is 0 Å². The molecule has 2 heterocycles. The summed E-state index contributed by atoms with van der Waals surface area (Å²) in [6, 6.07) is 10.7. The largest absolute Gasteiger partial charge is 0.394 e. The fourth-order valence-electron chi connectivity index (χ4n) is 3.07. The second-order valence-electron chi connectivity index (χ2n) is 6.07. The predicted molar refractivity (Wildman–Crippen MR) is 96.6 cm³/mol. The first-order chi connectivity index (χ1) is 12.9. The van der Waals surface area contributed by atoms with Crippen molar-refractivity contribution in [3.05, 3.63) is 40.7 Å². The molecule has 0 saturated carbocycles. The first-order valence-corrected chi connectivity index (χ1v) is 8.49. The number of nitriles is 1. The Labute approximate surface area is 159 Å². The summed E-state index contributed by atoms with van der Waals surface area (Å²) < 4.78 is 6.77. The lowest BCUT2D eigenvalue weighted by atomic mass is 9.97. The van der Waals surface area contributed by atoms with E-state index in [4.69, 9.17) is 22.7 Å². The van der Waals surface area contributed by atoms with Crippen LogP contribution in [0.3, 0.4) is 0 Å². The van der Waals surface area contributed by atoms with Crippen LogP contribution in [-0.2, 0) is 4.74 Å². The molecule has 6 N–H and O–H groups in total. The Hall–Kier alpha value is -2.39. The van der Waals surface area contributed by atoms with E-state index in [2.05, 4.69) is 4.98 Å². The van der Waals surface area contributed by atoms with Crippen LogP contribution in [0.4, 0.5) is 5.82 Å². The van der Waals surface area contributed by atoms with E-state index in [1.165, 1.54) is 4.57 Å². The highest BCUT2D eigenvalue weighted by Gasteiger charge is 2.45. The maximum Gasteiger partial charge on any atom is 0.204 e. The Morgan fingerprint density at radius 1 is 1.19 bits per heavy atom. The van der Waals surface area contributed by atoms with Crippen molar-refractivity contribution < 1.29 is 25.2 Å². The van der Waals surface area contributed by atoms with E-state index in [1.54, 1.807) is 30.3 Å². The Bertz CT molecular complexity index is 927. The van der Waals surface area contributed by atoms with Crippen molar-refractivity contribution in [2.24, 2.45) is 0 Å². The van der Waals surface area contributed by atoms with Gasteiger partial charge in [-0.1, -0.05) is 30.3 Å². The van der Waals surface area contributed by atoms with Gasteiger partial charge in [-0.2, -0.15) is 5.26 Å². The monoisotopic (exact) mass is 390 g/mol. The summed E-state index contributed by atoms with van der Waals surface area (Å²) in [5.74, 6) is -0.0813. The summed E-state index contributed by atoms with van der Waals surface area (Å²) in [5, 5.41) is 49.6. The summed E-state index contributed by atoms with van der Waals surface area (Å²) >= 11 is 5.28. The molecule has 0 radical (unpaired) electrons. The third-order valence-electron chi connectivity index (χ3n) is 4.44. The minimum absolute atomic E-state index is 0.0201. The highest BCUT2D eigenvalue weighted by molar-refractivity contribution is 7.71. The lowest BCUT2D eigenvalue weighted by Crippen LogP contribution is -2.56. The highest BCUT2D eigenvalue weighted by atomic mass is 32.1. The van der Waals surface area contributed by atoms with Crippen LogP contribution in [0.25, 0.3) is 11.3 Å². The topological polar surface area (TPSA) is 158 Å². The second kappa shape index (κ2) is 7.69. The van der Waals surface area contributed by atoms with E-state index in [0.717, 1.165) is 0 Å². The molecule has 1 aliphatic rings. The van der Waals surface area contributed by atoms with E-state index in [9.17, 15) is 25.7 Å². The van der Waals surface area contributed by atoms with Crippen molar-refractivity contribution in [1.29, 1.82) is 5.26 Å². The maximum absolute atomic E-state index is 10.5. The van der Waals surface area contributed by atoms with Crippen molar-refractivity contribution in [1.82, 2.24) is 9.55 Å². The normalized spacial score (nSPS) is 27.9. The maximum atomic E-state index is 10.5. The van der Waals surface area contributed by atoms with Gasteiger partial charge in [0.2, 0.25) is 4.77 Å². The van der Waals surface area contributed by atoms with Gasteiger partial charge in [0.15, 0.2) is 6.23 Å². The molecule has 0 unspecified atom stereocenters. The number of aliphatic hydroxyl groups excluding tert-OH is 4. The predicted octanol–water partition coefficient (Wildman–Crippen LogP) is -0.294. The molecule has 5 atom stereocenters. The first-order valence-electron chi connectivity index (χ1n) is 8.08. The van der Waals surface area contributed by atoms with Gasteiger partial charge in [0.05, 0.1) is 12.3 Å². The third kappa shape index (κ3) is 3.32. The molecule has 0 bridgehead atoms. The number of ether oxygens (including phenoxy) is 1. The van der Waals surface area contributed by atoms with Crippen LogP contribution < -0.4 is 5.73 Å². The van der Waals surface area contributed by atoms with Gasteiger partial charge in [0, 0.05) is 0 Å². The van der Waals surface area contributed by atoms with Crippen LogP contribution in [-0.4, -0.2) is 61.0 Å². The number of rotatable bonds is 3. The molecule has 1 aliphatic heterocycles. The minimum atomic E-state index is -1.60. The number of hydrogen-bond donors (Lipinski definition) is 5. The summed E-state index contributed by atoms with van der Waals surface area (Å²) in [5.41, 5.74) is 6.69. The second-order valence-corrected chi connectivity index (χ2v) is 6.44. The Balaban J connectivity index is 2.27. The summed E-state index contributed by atoms with van der Waals surface area (Å²) in [6.07, 6.45) is -7.15. The molecule has 0 amide bonds. The summed E-state index contributed by atoms with van der Waals surface area (Å²) in [4.78, 5) is 3.97. The molecule has 0 aliphatic carbocycles. The van der Waals surface area contributed by atoms with Gasteiger partial charge in [0.25, 0.3) is 0 Å². The fraction of sp³-hybridized carbons (Fsp3) is 0.353. The number of anilines is 1. The van der Waals surface area contributed by atoms with Crippen LogP contribution in [0.15, 0.2) is 30.3 Å². The lowest BCUT2D eigenvalue weighted by molar-refractivity contribution is -0.251. The lowest BCUT2D eigenvalue weighted by Gasteiger charge is -2.41. The quantitative estimate of drug-likeness (QED) is 0.444. The number of hydrogen-bond acceptors (Lipinski definition) is 9. The summed E-state index contributed by atoms with van der Waals surface area (Å²) in [7, 11) is 0. The van der Waals surface area contributed by atoms with Gasteiger partial charge in [-0.25, -0.2) is 4.98 Å². The van der Waals surface area contributed by atoms with Gasteiger partial charge in [0.1, 0.15) is 41.9 Å². The van der Waals surface area contributed by atoms with Crippen molar-refractivity contribution in [3.8, 4) is 17.3 Å². The standard InChI is InChI=1S/C17H18N4O5S/c18-6-9-11(8-4-2-1-3-5-8)21(17(27)20-15(9)19)16-14(25)13(24)12(23)10(7-22)26-16/h1-5,10,12-14,16,22-25H,7H2,(H2,19,20,27)/t10-,12-,13+,14-,16-/m1/s1. The molecule has 27 heavy (non-hydrogen) atoms. The zero-order valence-corrected chi connectivity index (χ0v) is 14.8. The van der Waals surface area contributed by atoms with E-state index in [0.29, 0.717) is 5.56 Å². The smallest absolute Gasteiger partial charge is 0.204 e. The van der Waals surface area contributed by atoms with Gasteiger partial charge in [-0.15, -0.1) is 0 Å². The van der Waals surface area contributed by atoms with Gasteiger partial charge >= 0.3 is 0 Å². The molecule has 10 heteroatoms. The van der Waals surface area contributed by atoms with Gasteiger partial charge in [-0.3, -0.25) is 4.57 Å². The molecule has 1 fully saturated rings. The number of nitrogen functional groups attached to an aromatic ring is 1. The van der Waals surface area contributed by atoms with E-state index in [-0.39, 0.29) is 21.8 Å². The Morgan fingerprint density at radius 3 is 2.44 bits per heavy atom. The van der Waals surface area contributed by atoms with Gasteiger partial charge < -0.3 is 30.9 Å². The van der Waals surface area contributed by atoms with E-state index >= 15 is 0 Å². The average molecular weight is 390 g/mol. The van der Waals surface area contributed by atoms with Crippen molar-refractivity contribution in [2.75, 3.05) is 12.3 Å².